The van der Waals surface area contributed by atoms with Gasteiger partial charge in [0.25, 0.3) is 5.91 Å². The van der Waals surface area contributed by atoms with Crippen LogP contribution in [0.1, 0.15) is 88.2 Å². The first-order valence-corrected chi connectivity index (χ1v) is 15.4. The number of aryl methyl sites for hydroxylation is 1. The Morgan fingerprint density at radius 3 is 2.38 bits per heavy atom. The van der Waals surface area contributed by atoms with Gasteiger partial charge in [0.05, 0.1) is 10.8 Å². The number of carbonyl (C=O) groups excluding carboxylic acids is 2. The van der Waals surface area contributed by atoms with Gasteiger partial charge >= 0.3 is 0 Å². The van der Waals surface area contributed by atoms with Crippen LogP contribution in [0, 0.1) is 36.5 Å². The summed E-state index contributed by atoms with van der Waals surface area (Å²) in [5, 5.41) is 3.31. The van der Waals surface area contributed by atoms with Crippen LogP contribution in [0.25, 0.3) is 0 Å². The summed E-state index contributed by atoms with van der Waals surface area (Å²) in [6.45, 7) is 16.1. The van der Waals surface area contributed by atoms with Crippen molar-refractivity contribution in [2.45, 2.75) is 91.5 Å². The Hall–Kier alpha value is -1.93. The van der Waals surface area contributed by atoms with E-state index in [-0.39, 0.29) is 46.0 Å². The molecule has 2 bridgehead atoms. The molecule has 2 aliphatic carbocycles. The molecule has 8 heteroatoms. The van der Waals surface area contributed by atoms with Crippen LogP contribution < -0.4 is 5.32 Å². The fourth-order valence-corrected chi connectivity index (χ4v) is 9.25. The van der Waals surface area contributed by atoms with Gasteiger partial charge in [-0.3, -0.25) is 9.59 Å². The number of hydrogen-bond donors (Lipinski definition) is 1. The molecular formula is C29H45N3O4S. The number of nitrogens with one attached hydrogen (secondary N) is 1. The molecule has 0 aromatic heterocycles. The third-order valence-corrected chi connectivity index (χ3v) is 11.8. The fourth-order valence-electron chi connectivity index (χ4n) is 7.40. The molecule has 1 aromatic rings. The van der Waals surface area contributed by atoms with Gasteiger partial charge in [-0.05, 0) is 99.8 Å². The molecule has 206 valence electrons. The Kier molecular flexibility index (Phi) is 7.58. The fraction of sp³-hybridized carbons (Fsp3) is 0.724. The van der Waals surface area contributed by atoms with Crippen LogP contribution in [0.3, 0.4) is 0 Å². The maximum atomic E-state index is 13.9. The molecular weight excluding hydrogens is 486 g/mol. The van der Waals surface area contributed by atoms with Crippen molar-refractivity contribution in [2.75, 3.05) is 26.2 Å². The van der Waals surface area contributed by atoms with E-state index >= 15 is 0 Å². The third kappa shape index (κ3) is 4.84. The normalized spacial score (nSPS) is 29.3. The Morgan fingerprint density at radius 1 is 1.11 bits per heavy atom. The van der Waals surface area contributed by atoms with E-state index < -0.39 is 10.0 Å². The molecule has 2 unspecified atom stereocenters. The van der Waals surface area contributed by atoms with Gasteiger partial charge in [0.15, 0.2) is 0 Å². The highest BCUT2D eigenvalue weighted by molar-refractivity contribution is 7.89. The van der Waals surface area contributed by atoms with Crippen molar-refractivity contribution in [1.29, 1.82) is 0 Å². The Labute approximate surface area is 223 Å². The summed E-state index contributed by atoms with van der Waals surface area (Å²) in [7, 11) is -3.86. The minimum atomic E-state index is -3.86. The number of carbonyl (C=O) groups is 2. The third-order valence-electron chi connectivity index (χ3n) is 9.85. The highest BCUT2D eigenvalue weighted by Crippen LogP contribution is 2.62. The number of rotatable bonds is 7. The van der Waals surface area contributed by atoms with Crippen molar-refractivity contribution < 1.29 is 18.0 Å². The topological polar surface area (TPSA) is 86.8 Å². The summed E-state index contributed by atoms with van der Waals surface area (Å²) < 4.78 is 29.2. The lowest BCUT2D eigenvalue weighted by Crippen LogP contribution is -2.52. The molecule has 1 heterocycles. The summed E-state index contributed by atoms with van der Waals surface area (Å²) in [5.41, 5.74) is 1.91. The lowest BCUT2D eigenvalue weighted by Gasteiger charge is -2.43. The van der Waals surface area contributed by atoms with E-state index in [9.17, 15) is 18.0 Å². The Bertz CT molecular complexity index is 1170. The maximum absolute atomic E-state index is 13.9. The highest BCUT2D eigenvalue weighted by atomic mass is 32.2. The van der Waals surface area contributed by atoms with E-state index in [2.05, 4.69) is 26.1 Å². The monoisotopic (exact) mass is 531 g/mol. The van der Waals surface area contributed by atoms with E-state index in [0.717, 1.165) is 18.4 Å². The van der Waals surface area contributed by atoms with Crippen molar-refractivity contribution in [1.82, 2.24) is 14.5 Å². The van der Waals surface area contributed by atoms with Gasteiger partial charge in [0, 0.05) is 37.8 Å². The molecule has 7 nitrogen and oxygen atoms in total. The predicted molar refractivity (Wildman–Crippen MR) is 146 cm³/mol. The first-order valence-electron chi connectivity index (χ1n) is 14.0. The molecule has 1 saturated heterocycles. The lowest BCUT2D eigenvalue weighted by atomic mass is 9.68. The van der Waals surface area contributed by atoms with Gasteiger partial charge in [-0.25, -0.2) is 8.42 Å². The second kappa shape index (κ2) is 9.99. The van der Waals surface area contributed by atoms with Crippen LogP contribution in [0.15, 0.2) is 17.0 Å². The second-order valence-corrected chi connectivity index (χ2v) is 14.4. The number of nitrogens with zero attached hydrogens (tertiary/aromatic N) is 2. The van der Waals surface area contributed by atoms with Crippen LogP contribution in [0.2, 0.25) is 0 Å². The molecule has 4 atom stereocenters. The van der Waals surface area contributed by atoms with Gasteiger partial charge in [-0.1, -0.05) is 20.8 Å². The number of amides is 2. The smallest absolute Gasteiger partial charge is 0.251 e. The van der Waals surface area contributed by atoms with Crippen molar-refractivity contribution in [3.05, 3.63) is 28.8 Å². The van der Waals surface area contributed by atoms with Gasteiger partial charge in [-0.15, -0.1) is 0 Å². The first kappa shape index (κ1) is 28.1. The molecule has 1 aliphatic heterocycles. The minimum absolute atomic E-state index is 0.0114. The minimum Gasteiger partial charge on any atom is -0.348 e. The van der Waals surface area contributed by atoms with Crippen molar-refractivity contribution >= 4 is 21.8 Å². The molecule has 1 N–H and O–H groups in total. The molecule has 0 radical (unpaired) electrons. The summed E-state index contributed by atoms with van der Waals surface area (Å²) >= 11 is 0. The second-order valence-electron chi connectivity index (χ2n) is 12.5. The molecule has 0 spiro atoms. The molecule has 2 saturated carbocycles. The zero-order chi connectivity index (χ0) is 27.3. The lowest BCUT2D eigenvalue weighted by molar-refractivity contribution is -0.136. The summed E-state index contributed by atoms with van der Waals surface area (Å²) in [4.78, 5) is 28.5. The van der Waals surface area contributed by atoms with E-state index in [1.165, 1.54) is 10.7 Å². The zero-order valence-electron chi connectivity index (χ0n) is 23.7. The zero-order valence-corrected chi connectivity index (χ0v) is 24.5. The Balaban J connectivity index is 1.60. The van der Waals surface area contributed by atoms with Crippen molar-refractivity contribution in [3.63, 3.8) is 0 Å². The molecule has 3 aliphatic rings. The first-order chi connectivity index (χ1) is 17.3. The van der Waals surface area contributed by atoms with Crippen LogP contribution in [-0.4, -0.2) is 61.7 Å². The SMILES string of the molecule is CCN(CC)C(=O)C1CCCN(S(=O)(=O)c2cc(C(=O)NC3C(C)(C)[C@H]4CC[C@@]3(C)C4)cc(C)c2C)C1. The number of hydrogen-bond acceptors (Lipinski definition) is 4. The summed E-state index contributed by atoms with van der Waals surface area (Å²) in [6.07, 6.45) is 4.78. The molecule has 1 aromatic carbocycles. The van der Waals surface area contributed by atoms with Crippen LogP contribution in [0.5, 0.6) is 0 Å². The molecule has 3 fully saturated rings. The van der Waals surface area contributed by atoms with E-state index in [1.807, 2.05) is 20.8 Å². The number of fused-ring (bicyclic) bond motifs is 2. The van der Waals surface area contributed by atoms with Crippen molar-refractivity contribution in [3.8, 4) is 0 Å². The number of sulfonamides is 1. The highest BCUT2D eigenvalue weighted by Gasteiger charge is 2.59. The van der Waals surface area contributed by atoms with Crippen LogP contribution >= 0.6 is 0 Å². The van der Waals surface area contributed by atoms with Crippen molar-refractivity contribution in [2.24, 2.45) is 22.7 Å². The molecule has 37 heavy (non-hydrogen) atoms. The maximum Gasteiger partial charge on any atom is 0.251 e. The average molecular weight is 532 g/mol. The number of piperidine rings is 1. The van der Waals surface area contributed by atoms with E-state index in [4.69, 9.17) is 0 Å². The largest absolute Gasteiger partial charge is 0.348 e. The molecule has 4 rings (SSSR count). The predicted octanol–water partition coefficient (Wildman–Crippen LogP) is 4.52. The van der Waals surface area contributed by atoms with Gasteiger partial charge in [-0.2, -0.15) is 4.31 Å². The standard InChI is InChI=1S/C29H45N3O4S/c1-8-31(9-2)26(34)21-11-10-14-32(18-21)37(35,36)24-16-22(15-19(3)20(24)4)25(33)30-27-28(5,6)23-12-13-29(27,7)17-23/h15-16,21,23,27H,8-14,17-18H2,1-7H3,(H,30,33)/t21?,23-,27?,29-/m0/s1. The van der Waals surface area contributed by atoms with Gasteiger partial charge < -0.3 is 10.2 Å². The van der Waals surface area contributed by atoms with E-state index in [0.29, 0.717) is 49.5 Å². The quantitative estimate of drug-likeness (QED) is 0.561. The van der Waals surface area contributed by atoms with Crippen LogP contribution in [0.4, 0.5) is 0 Å². The summed E-state index contributed by atoms with van der Waals surface area (Å²) in [5.74, 6) is 0.0780. The average Bonchev–Trinajstić information content (AvgIpc) is 3.34. The number of benzene rings is 1. The molecule has 2 amide bonds. The van der Waals surface area contributed by atoms with E-state index in [1.54, 1.807) is 24.0 Å². The van der Waals surface area contributed by atoms with Gasteiger partial charge in [0.2, 0.25) is 15.9 Å². The van der Waals surface area contributed by atoms with Crippen LogP contribution in [-0.2, 0) is 14.8 Å². The Morgan fingerprint density at radius 2 is 1.78 bits per heavy atom. The van der Waals surface area contributed by atoms with Gasteiger partial charge in [0.1, 0.15) is 0 Å². The summed E-state index contributed by atoms with van der Waals surface area (Å²) in [6, 6.07) is 3.40.